The lowest BCUT2D eigenvalue weighted by Crippen LogP contribution is -2.42. The van der Waals surface area contributed by atoms with E-state index in [4.69, 9.17) is 0 Å². The Hall–Kier alpha value is -1.39. The Balaban J connectivity index is 2.04. The van der Waals surface area contributed by atoms with Crippen molar-refractivity contribution in [1.82, 2.24) is 9.91 Å². The Bertz CT molecular complexity index is 332. The van der Waals surface area contributed by atoms with Crippen molar-refractivity contribution in [2.75, 3.05) is 20.1 Å². The second kappa shape index (κ2) is 4.63. The molecule has 2 aliphatic rings. The molecule has 0 aromatic heterocycles. The smallest absolute Gasteiger partial charge is 0.270 e. The second-order valence-electron chi connectivity index (χ2n) is 4.32. The van der Waals surface area contributed by atoms with Gasteiger partial charge in [-0.15, -0.1) is 0 Å². The molecule has 0 aromatic rings. The van der Waals surface area contributed by atoms with Gasteiger partial charge >= 0.3 is 0 Å². The molecule has 88 valence electrons. The lowest BCUT2D eigenvalue weighted by Gasteiger charge is -2.28. The number of nitrogens with zero attached hydrogens (tertiary/aromatic N) is 3. The van der Waals surface area contributed by atoms with E-state index in [9.17, 15) is 9.59 Å². The molecule has 16 heavy (non-hydrogen) atoms. The average Bonchev–Trinajstić information content (AvgIpc) is 2.33. The molecule has 0 unspecified atom stereocenters. The summed E-state index contributed by atoms with van der Waals surface area (Å²) in [5.41, 5.74) is 0.531. The first-order valence-electron chi connectivity index (χ1n) is 5.82. The number of hydrogen-bond donors (Lipinski definition) is 0. The van der Waals surface area contributed by atoms with Crippen LogP contribution in [0.25, 0.3) is 0 Å². The SMILES string of the molecule is CN1N=C(C(=O)N2CCCCC2)CCC1=O. The molecule has 1 saturated heterocycles. The van der Waals surface area contributed by atoms with Gasteiger partial charge in [-0.1, -0.05) is 0 Å². The highest BCUT2D eigenvalue weighted by Crippen LogP contribution is 2.13. The Labute approximate surface area is 95.1 Å². The van der Waals surface area contributed by atoms with E-state index in [0.29, 0.717) is 18.6 Å². The molecule has 0 bridgehead atoms. The van der Waals surface area contributed by atoms with Crippen molar-refractivity contribution in [1.29, 1.82) is 0 Å². The van der Waals surface area contributed by atoms with Gasteiger partial charge in [-0.3, -0.25) is 9.59 Å². The fraction of sp³-hybridized carbons (Fsp3) is 0.727. The van der Waals surface area contributed by atoms with Crippen molar-refractivity contribution in [2.24, 2.45) is 5.10 Å². The van der Waals surface area contributed by atoms with E-state index in [0.717, 1.165) is 25.9 Å². The molecule has 0 N–H and O–H groups in total. The van der Waals surface area contributed by atoms with Crippen LogP contribution in [0.2, 0.25) is 0 Å². The van der Waals surface area contributed by atoms with Crippen LogP contribution in [0.15, 0.2) is 5.10 Å². The van der Waals surface area contributed by atoms with Gasteiger partial charge in [-0.2, -0.15) is 5.10 Å². The molecule has 0 spiro atoms. The summed E-state index contributed by atoms with van der Waals surface area (Å²) in [6.45, 7) is 1.66. The second-order valence-corrected chi connectivity index (χ2v) is 4.32. The van der Waals surface area contributed by atoms with Gasteiger partial charge in [0.15, 0.2) is 0 Å². The molecule has 0 atom stereocenters. The van der Waals surface area contributed by atoms with Crippen LogP contribution in [0.3, 0.4) is 0 Å². The van der Waals surface area contributed by atoms with E-state index in [1.165, 1.54) is 11.4 Å². The van der Waals surface area contributed by atoms with Crippen LogP contribution in [0.5, 0.6) is 0 Å². The van der Waals surface area contributed by atoms with Gasteiger partial charge in [-0.25, -0.2) is 5.01 Å². The van der Waals surface area contributed by atoms with Gasteiger partial charge < -0.3 is 4.90 Å². The van der Waals surface area contributed by atoms with E-state index in [2.05, 4.69) is 5.10 Å². The van der Waals surface area contributed by atoms with Gasteiger partial charge in [-0.05, 0) is 19.3 Å². The maximum atomic E-state index is 12.1. The summed E-state index contributed by atoms with van der Waals surface area (Å²) < 4.78 is 0. The molecule has 5 nitrogen and oxygen atoms in total. The number of amides is 2. The zero-order chi connectivity index (χ0) is 11.5. The maximum Gasteiger partial charge on any atom is 0.270 e. The van der Waals surface area contributed by atoms with Gasteiger partial charge in [0.25, 0.3) is 5.91 Å². The molecule has 2 aliphatic heterocycles. The number of likely N-dealkylation sites (tertiary alicyclic amines) is 1. The van der Waals surface area contributed by atoms with Gasteiger partial charge in [0, 0.05) is 33.0 Å². The summed E-state index contributed by atoms with van der Waals surface area (Å²) >= 11 is 0. The van der Waals surface area contributed by atoms with Crippen LogP contribution in [0, 0.1) is 0 Å². The first-order chi connectivity index (χ1) is 7.68. The summed E-state index contributed by atoms with van der Waals surface area (Å²) in [7, 11) is 1.60. The molecular formula is C11H17N3O2. The fourth-order valence-electron chi connectivity index (χ4n) is 2.10. The van der Waals surface area contributed by atoms with Crippen LogP contribution >= 0.6 is 0 Å². The molecule has 5 heteroatoms. The molecule has 0 aromatic carbocycles. The molecule has 0 saturated carbocycles. The number of carbonyl (C=O) groups is 2. The minimum atomic E-state index is -0.0183. The number of hydrazone groups is 1. The zero-order valence-corrected chi connectivity index (χ0v) is 9.61. The number of piperidine rings is 1. The van der Waals surface area contributed by atoms with Crippen LogP contribution < -0.4 is 0 Å². The molecular weight excluding hydrogens is 206 g/mol. The fourth-order valence-corrected chi connectivity index (χ4v) is 2.10. The van der Waals surface area contributed by atoms with E-state index >= 15 is 0 Å². The van der Waals surface area contributed by atoms with Crippen LogP contribution in [0.4, 0.5) is 0 Å². The third-order valence-corrected chi connectivity index (χ3v) is 3.10. The molecule has 2 amide bonds. The first kappa shape index (κ1) is 11.1. The van der Waals surface area contributed by atoms with Crippen molar-refractivity contribution in [3.63, 3.8) is 0 Å². The van der Waals surface area contributed by atoms with Crippen molar-refractivity contribution < 1.29 is 9.59 Å². The third kappa shape index (κ3) is 2.23. The van der Waals surface area contributed by atoms with E-state index in [-0.39, 0.29) is 11.8 Å². The highest BCUT2D eigenvalue weighted by atomic mass is 16.2. The monoisotopic (exact) mass is 223 g/mol. The predicted molar refractivity (Wildman–Crippen MR) is 59.9 cm³/mol. The van der Waals surface area contributed by atoms with Gasteiger partial charge in [0.05, 0.1) is 0 Å². The molecule has 2 rings (SSSR count). The molecule has 1 fully saturated rings. The summed E-state index contributed by atoms with van der Waals surface area (Å²) in [5.74, 6) is -0.00533. The summed E-state index contributed by atoms with van der Waals surface area (Å²) in [6, 6.07) is 0. The van der Waals surface area contributed by atoms with E-state index < -0.39 is 0 Å². The van der Waals surface area contributed by atoms with Crippen molar-refractivity contribution in [3.05, 3.63) is 0 Å². The molecule has 2 heterocycles. The third-order valence-electron chi connectivity index (χ3n) is 3.10. The molecule has 0 aliphatic carbocycles. The van der Waals surface area contributed by atoms with Crippen LogP contribution in [-0.2, 0) is 9.59 Å². The normalized spacial score (nSPS) is 22.1. The number of rotatable bonds is 1. The Kier molecular flexibility index (Phi) is 3.22. The standard InChI is InChI=1S/C11H17N3O2/c1-13-10(15)6-5-9(12-13)11(16)14-7-3-2-4-8-14/h2-8H2,1H3. The largest absolute Gasteiger partial charge is 0.338 e. The lowest BCUT2D eigenvalue weighted by atomic mass is 10.1. The highest BCUT2D eigenvalue weighted by molar-refractivity contribution is 6.39. The summed E-state index contributed by atoms with van der Waals surface area (Å²) in [6.07, 6.45) is 4.24. The Morgan fingerprint density at radius 2 is 1.88 bits per heavy atom. The van der Waals surface area contributed by atoms with Crippen LogP contribution in [0.1, 0.15) is 32.1 Å². The van der Waals surface area contributed by atoms with Gasteiger partial charge in [0.2, 0.25) is 5.91 Å². The maximum absolute atomic E-state index is 12.1. The first-order valence-corrected chi connectivity index (χ1v) is 5.82. The van der Waals surface area contributed by atoms with Crippen molar-refractivity contribution in [2.45, 2.75) is 32.1 Å². The number of carbonyl (C=O) groups excluding carboxylic acids is 2. The van der Waals surface area contributed by atoms with Crippen molar-refractivity contribution >= 4 is 17.5 Å². The minimum absolute atomic E-state index is 0.0130. The van der Waals surface area contributed by atoms with E-state index in [1.807, 2.05) is 4.90 Å². The van der Waals surface area contributed by atoms with Crippen LogP contribution in [-0.4, -0.2) is 47.6 Å². The van der Waals surface area contributed by atoms with E-state index in [1.54, 1.807) is 7.05 Å². The Morgan fingerprint density at radius 1 is 1.19 bits per heavy atom. The Morgan fingerprint density at radius 3 is 2.50 bits per heavy atom. The highest BCUT2D eigenvalue weighted by Gasteiger charge is 2.26. The average molecular weight is 223 g/mol. The van der Waals surface area contributed by atoms with Gasteiger partial charge in [0.1, 0.15) is 5.71 Å². The zero-order valence-electron chi connectivity index (χ0n) is 9.61. The topological polar surface area (TPSA) is 53.0 Å². The predicted octanol–water partition coefficient (Wildman–Crippen LogP) is 0.607. The number of hydrogen-bond acceptors (Lipinski definition) is 3. The van der Waals surface area contributed by atoms with Crippen molar-refractivity contribution in [3.8, 4) is 0 Å². The summed E-state index contributed by atoms with van der Waals surface area (Å²) in [4.78, 5) is 25.1. The molecule has 0 radical (unpaired) electrons. The quantitative estimate of drug-likeness (QED) is 0.654. The summed E-state index contributed by atoms with van der Waals surface area (Å²) in [5, 5.41) is 5.33. The lowest BCUT2D eigenvalue weighted by molar-refractivity contribution is -0.130. The minimum Gasteiger partial charge on any atom is -0.338 e.